The predicted octanol–water partition coefficient (Wildman–Crippen LogP) is 6.37. The van der Waals surface area contributed by atoms with Crippen molar-refractivity contribution < 1.29 is 23.9 Å². The van der Waals surface area contributed by atoms with Gasteiger partial charge in [0.05, 0.1) is 7.11 Å². The first-order chi connectivity index (χ1) is 19.9. The SMILES string of the molecule is CCCN(C(=O)C(Cc1ccccc1)NC(=O)OC(C)(C)C)C(C(=O)Nc1ccc(OC)cc1)c1ccc(C)cc1C. The topological polar surface area (TPSA) is 97.0 Å². The van der Waals surface area contributed by atoms with E-state index in [1.165, 1.54) is 0 Å². The monoisotopic (exact) mass is 573 g/mol. The normalized spacial score (nSPS) is 12.5. The molecule has 3 aromatic carbocycles. The summed E-state index contributed by atoms with van der Waals surface area (Å²) in [5.41, 5.74) is 3.35. The van der Waals surface area contributed by atoms with E-state index in [9.17, 15) is 14.4 Å². The highest BCUT2D eigenvalue weighted by atomic mass is 16.6. The molecule has 0 saturated heterocycles. The maximum atomic E-state index is 14.4. The minimum Gasteiger partial charge on any atom is -0.497 e. The van der Waals surface area contributed by atoms with E-state index in [2.05, 4.69) is 10.6 Å². The van der Waals surface area contributed by atoms with E-state index in [-0.39, 0.29) is 18.2 Å². The minimum atomic E-state index is -0.962. The molecule has 0 aliphatic heterocycles. The number of carbonyl (C=O) groups is 3. The summed E-state index contributed by atoms with van der Waals surface area (Å²) in [4.78, 5) is 43.0. The van der Waals surface area contributed by atoms with Gasteiger partial charge in [0.1, 0.15) is 23.4 Å². The number of amides is 3. The number of nitrogens with zero attached hydrogens (tertiary/aromatic N) is 1. The lowest BCUT2D eigenvalue weighted by molar-refractivity contribution is -0.140. The van der Waals surface area contributed by atoms with Gasteiger partial charge in [0.2, 0.25) is 5.91 Å². The highest BCUT2D eigenvalue weighted by Crippen LogP contribution is 2.29. The number of ether oxygens (including phenoxy) is 2. The van der Waals surface area contributed by atoms with Crippen LogP contribution < -0.4 is 15.4 Å². The first-order valence-electron chi connectivity index (χ1n) is 14.3. The molecule has 0 heterocycles. The quantitative estimate of drug-likeness (QED) is 0.278. The van der Waals surface area contributed by atoms with Crippen molar-refractivity contribution in [3.8, 4) is 5.75 Å². The second-order valence-corrected chi connectivity index (χ2v) is 11.4. The van der Waals surface area contributed by atoms with Crippen molar-refractivity contribution in [2.24, 2.45) is 0 Å². The van der Waals surface area contributed by atoms with Gasteiger partial charge < -0.3 is 25.0 Å². The number of hydrogen-bond donors (Lipinski definition) is 2. The predicted molar refractivity (Wildman–Crippen MR) is 166 cm³/mol. The Morgan fingerprint density at radius 1 is 0.929 bits per heavy atom. The highest BCUT2D eigenvalue weighted by molar-refractivity contribution is 5.99. The Kier molecular flexibility index (Phi) is 11.1. The number of nitrogens with one attached hydrogen (secondary N) is 2. The molecule has 2 N–H and O–H groups in total. The fraction of sp³-hybridized carbons (Fsp3) is 0.382. The standard InChI is InChI=1S/C34H43N3O5/c1-8-20-37(32(39)29(22-25-12-10-9-11-13-25)36-33(40)42-34(4,5)6)30(28-19-14-23(2)21-24(28)3)31(38)35-26-15-17-27(41-7)18-16-26/h9-19,21,29-30H,8,20,22H2,1-7H3,(H,35,38)(H,36,40). The molecule has 42 heavy (non-hydrogen) atoms. The molecule has 8 heteroatoms. The molecule has 0 spiro atoms. The van der Waals surface area contributed by atoms with E-state index in [0.29, 0.717) is 30.0 Å². The molecule has 2 atom stereocenters. The van der Waals surface area contributed by atoms with Gasteiger partial charge in [-0.15, -0.1) is 0 Å². The van der Waals surface area contributed by atoms with Gasteiger partial charge in [0.15, 0.2) is 0 Å². The molecule has 0 radical (unpaired) electrons. The smallest absolute Gasteiger partial charge is 0.408 e. The average Bonchev–Trinajstić information content (AvgIpc) is 2.93. The summed E-state index contributed by atoms with van der Waals surface area (Å²) in [6.45, 7) is 11.5. The zero-order valence-corrected chi connectivity index (χ0v) is 25.7. The molecule has 0 saturated carbocycles. The molecule has 0 aliphatic rings. The lowest BCUT2D eigenvalue weighted by Crippen LogP contribution is -2.53. The van der Waals surface area contributed by atoms with Crippen molar-refractivity contribution in [1.82, 2.24) is 10.2 Å². The molecular formula is C34H43N3O5. The summed E-state index contributed by atoms with van der Waals surface area (Å²) in [6, 6.07) is 20.4. The van der Waals surface area contributed by atoms with Crippen molar-refractivity contribution in [2.45, 2.75) is 72.1 Å². The summed E-state index contributed by atoms with van der Waals surface area (Å²) >= 11 is 0. The molecular weight excluding hydrogens is 530 g/mol. The Labute approximate surface area is 249 Å². The van der Waals surface area contributed by atoms with E-state index in [1.54, 1.807) is 57.0 Å². The van der Waals surface area contributed by atoms with Crippen LogP contribution in [0.1, 0.15) is 62.4 Å². The number of hydrogen-bond acceptors (Lipinski definition) is 5. The van der Waals surface area contributed by atoms with Gasteiger partial charge >= 0.3 is 6.09 Å². The third-order valence-corrected chi connectivity index (χ3v) is 6.66. The summed E-state index contributed by atoms with van der Waals surface area (Å²) < 4.78 is 10.8. The maximum absolute atomic E-state index is 14.4. The van der Waals surface area contributed by atoms with Gasteiger partial charge in [-0.2, -0.15) is 0 Å². The summed E-state index contributed by atoms with van der Waals surface area (Å²) in [6.07, 6.45) is 0.144. The molecule has 224 valence electrons. The van der Waals surface area contributed by atoms with Gasteiger partial charge in [-0.25, -0.2) is 4.79 Å². The molecule has 3 aromatic rings. The fourth-order valence-electron chi connectivity index (χ4n) is 4.78. The van der Waals surface area contributed by atoms with Gasteiger partial charge in [-0.3, -0.25) is 9.59 Å². The molecule has 0 fully saturated rings. The molecule has 3 amide bonds. The lowest BCUT2D eigenvalue weighted by atomic mass is 9.95. The molecule has 0 bridgehead atoms. The van der Waals surface area contributed by atoms with Crippen molar-refractivity contribution in [3.63, 3.8) is 0 Å². The number of benzene rings is 3. The van der Waals surface area contributed by atoms with Gasteiger partial charge in [0, 0.05) is 18.7 Å². The van der Waals surface area contributed by atoms with Crippen molar-refractivity contribution in [1.29, 1.82) is 0 Å². The van der Waals surface area contributed by atoms with Crippen LogP contribution in [0.3, 0.4) is 0 Å². The molecule has 2 unspecified atom stereocenters. The van der Waals surface area contributed by atoms with E-state index < -0.39 is 23.8 Å². The average molecular weight is 574 g/mol. The maximum Gasteiger partial charge on any atom is 0.408 e. The Morgan fingerprint density at radius 3 is 2.17 bits per heavy atom. The van der Waals surface area contributed by atoms with Crippen LogP contribution >= 0.6 is 0 Å². The van der Waals surface area contributed by atoms with Crippen LogP contribution in [-0.4, -0.2) is 48.1 Å². The first kappa shape index (κ1) is 32.2. The van der Waals surface area contributed by atoms with Crippen molar-refractivity contribution in [2.75, 3.05) is 19.0 Å². The second kappa shape index (κ2) is 14.5. The zero-order valence-electron chi connectivity index (χ0n) is 25.7. The third kappa shape index (κ3) is 9.09. The van der Waals surface area contributed by atoms with Gasteiger partial charge in [0.25, 0.3) is 5.91 Å². The second-order valence-electron chi connectivity index (χ2n) is 11.4. The van der Waals surface area contributed by atoms with Gasteiger partial charge in [-0.1, -0.05) is 61.0 Å². The van der Waals surface area contributed by atoms with Crippen LogP contribution in [-0.2, 0) is 20.7 Å². The summed E-state index contributed by atoms with van der Waals surface area (Å²) in [7, 11) is 1.58. The van der Waals surface area contributed by atoms with E-state index >= 15 is 0 Å². The van der Waals surface area contributed by atoms with Gasteiger partial charge in [-0.05, 0) is 82.0 Å². The number of carbonyl (C=O) groups excluding carboxylic acids is 3. The fourth-order valence-corrected chi connectivity index (χ4v) is 4.78. The summed E-state index contributed by atoms with van der Waals surface area (Å²) in [5.74, 6) is -0.0650. The number of anilines is 1. The Bertz CT molecular complexity index is 1350. The van der Waals surface area contributed by atoms with Crippen LogP contribution in [0.5, 0.6) is 5.75 Å². The van der Waals surface area contributed by atoms with Crippen LogP contribution in [0.4, 0.5) is 10.5 Å². The van der Waals surface area contributed by atoms with Crippen LogP contribution in [0.2, 0.25) is 0 Å². The minimum absolute atomic E-state index is 0.235. The van der Waals surface area contributed by atoms with E-state index in [4.69, 9.17) is 9.47 Å². The zero-order chi connectivity index (χ0) is 30.9. The van der Waals surface area contributed by atoms with Crippen LogP contribution in [0.15, 0.2) is 72.8 Å². The Balaban J connectivity index is 2.05. The van der Waals surface area contributed by atoms with Crippen molar-refractivity contribution in [3.05, 3.63) is 95.1 Å². The van der Waals surface area contributed by atoms with E-state index in [1.807, 2.05) is 69.3 Å². The molecule has 8 nitrogen and oxygen atoms in total. The number of rotatable bonds is 11. The number of alkyl carbamates (subject to hydrolysis) is 1. The molecule has 0 aliphatic carbocycles. The number of aryl methyl sites for hydroxylation is 2. The highest BCUT2D eigenvalue weighted by Gasteiger charge is 2.36. The van der Waals surface area contributed by atoms with Crippen LogP contribution in [0, 0.1) is 13.8 Å². The lowest BCUT2D eigenvalue weighted by Gasteiger charge is -2.35. The van der Waals surface area contributed by atoms with E-state index in [0.717, 1.165) is 16.7 Å². The van der Waals surface area contributed by atoms with Crippen LogP contribution in [0.25, 0.3) is 0 Å². The number of methoxy groups -OCH3 is 1. The van der Waals surface area contributed by atoms with Crippen molar-refractivity contribution >= 4 is 23.6 Å². The molecule has 3 rings (SSSR count). The largest absolute Gasteiger partial charge is 0.497 e. The third-order valence-electron chi connectivity index (χ3n) is 6.66. The Hall–Kier alpha value is -4.33. The molecule has 0 aromatic heterocycles. The first-order valence-corrected chi connectivity index (χ1v) is 14.3. The summed E-state index contributed by atoms with van der Waals surface area (Å²) in [5, 5.41) is 5.78. The Morgan fingerprint density at radius 2 is 1.60 bits per heavy atom.